The molecule has 3 heteroatoms. The molecule has 4 rings (SSSR count). The molecule has 0 saturated heterocycles. The first-order valence-corrected chi connectivity index (χ1v) is 7.87. The molecule has 0 heterocycles. The molecule has 0 amide bonds. The number of hydrogen-bond acceptors (Lipinski definition) is 3. The van der Waals surface area contributed by atoms with Gasteiger partial charge in [0.1, 0.15) is 0 Å². The second-order valence-electron chi connectivity index (χ2n) is 6.32. The quantitative estimate of drug-likeness (QED) is 0.835. The van der Waals surface area contributed by atoms with Crippen LogP contribution < -0.4 is 0 Å². The van der Waals surface area contributed by atoms with E-state index in [4.69, 9.17) is 0 Å². The van der Waals surface area contributed by atoms with E-state index in [1.54, 1.807) is 6.08 Å². The molecule has 2 N–H and O–H groups in total. The Labute approximate surface area is 134 Å². The van der Waals surface area contributed by atoms with Gasteiger partial charge in [-0.3, -0.25) is 4.79 Å². The Balaban J connectivity index is 1.93. The zero-order chi connectivity index (χ0) is 16.0. The largest absolute Gasteiger partial charge is 0.389 e. The molecule has 0 bridgehead atoms. The van der Waals surface area contributed by atoms with E-state index in [2.05, 4.69) is 0 Å². The molecule has 0 aromatic heterocycles. The summed E-state index contributed by atoms with van der Waals surface area (Å²) in [4.78, 5) is 13.2. The third kappa shape index (κ3) is 1.81. The standard InChI is InChI=1S/C20H18O3/c21-16-12-11-15-17(18(16)22)19(23)20(15,13-7-3-1-4-8-13)14-9-5-2-6-10-14/h1-12,15-18,21-22H/t15-,16-,17-,18-/m1/s1. The van der Waals surface area contributed by atoms with Gasteiger partial charge in [-0.2, -0.15) is 0 Å². The van der Waals surface area contributed by atoms with Gasteiger partial charge in [0.15, 0.2) is 5.78 Å². The van der Waals surface area contributed by atoms with Crippen molar-refractivity contribution in [3.63, 3.8) is 0 Å². The molecule has 2 aromatic rings. The summed E-state index contributed by atoms with van der Waals surface area (Å²) >= 11 is 0. The van der Waals surface area contributed by atoms with Crippen molar-refractivity contribution in [2.45, 2.75) is 17.6 Å². The lowest BCUT2D eigenvalue weighted by Crippen LogP contribution is -2.67. The number of Topliss-reactive ketones (excluding diaryl/α,β-unsaturated/α-hetero) is 1. The van der Waals surface area contributed by atoms with Crippen LogP contribution in [0.3, 0.4) is 0 Å². The number of carbonyl (C=O) groups is 1. The van der Waals surface area contributed by atoms with E-state index in [0.717, 1.165) is 11.1 Å². The van der Waals surface area contributed by atoms with E-state index in [1.165, 1.54) is 0 Å². The monoisotopic (exact) mass is 306 g/mol. The second-order valence-corrected chi connectivity index (χ2v) is 6.32. The fourth-order valence-electron chi connectivity index (χ4n) is 4.19. The van der Waals surface area contributed by atoms with Gasteiger partial charge < -0.3 is 10.2 Å². The number of aliphatic hydroxyl groups excluding tert-OH is 2. The number of fused-ring (bicyclic) bond motifs is 1. The minimum Gasteiger partial charge on any atom is -0.389 e. The highest BCUT2D eigenvalue weighted by Gasteiger charge is 2.65. The van der Waals surface area contributed by atoms with Crippen molar-refractivity contribution in [2.24, 2.45) is 11.8 Å². The Hall–Kier alpha value is -2.23. The Bertz CT molecular complexity index is 711. The summed E-state index contributed by atoms with van der Waals surface area (Å²) in [5, 5.41) is 20.1. The predicted molar refractivity (Wildman–Crippen MR) is 86.8 cm³/mol. The van der Waals surface area contributed by atoms with E-state index < -0.39 is 23.5 Å². The number of hydrogen-bond donors (Lipinski definition) is 2. The van der Waals surface area contributed by atoms with Crippen molar-refractivity contribution >= 4 is 5.78 Å². The number of benzene rings is 2. The Morgan fingerprint density at radius 3 is 1.83 bits per heavy atom. The van der Waals surface area contributed by atoms with Crippen LogP contribution in [0.2, 0.25) is 0 Å². The number of aliphatic hydroxyl groups is 2. The fourth-order valence-corrected chi connectivity index (χ4v) is 4.19. The maximum absolute atomic E-state index is 13.2. The van der Waals surface area contributed by atoms with E-state index in [1.807, 2.05) is 66.7 Å². The first-order valence-electron chi connectivity index (χ1n) is 7.87. The summed E-state index contributed by atoms with van der Waals surface area (Å²) in [5.41, 5.74) is 1.10. The second kappa shape index (κ2) is 5.15. The molecule has 0 aliphatic heterocycles. The maximum Gasteiger partial charge on any atom is 0.154 e. The predicted octanol–water partition coefficient (Wildman–Crippen LogP) is 2.08. The van der Waals surface area contributed by atoms with Gasteiger partial charge in [0.05, 0.1) is 23.5 Å². The van der Waals surface area contributed by atoms with Crippen LogP contribution in [0.1, 0.15) is 11.1 Å². The molecule has 2 aliphatic carbocycles. The van der Waals surface area contributed by atoms with Crippen LogP contribution in [0.15, 0.2) is 72.8 Å². The third-order valence-corrected chi connectivity index (χ3v) is 5.27. The summed E-state index contributed by atoms with van der Waals surface area (Å²) in [6.07, 6.45) is 1.50. The normalized spacial score (nSPS) is 31.3. The minimum absolute atomic E-state index is 0.0178. The molecule has 4 atom stereocenters. The van der Waals surface area contributed by atoms with Crippen LogP contribution in [0.25, 0.3) is 0 Å². The van der Waals surface area contributed by atoms with E-state index in [0.29, 0.717) is 0 Å². The molecule has 3 nitrogen and oxygen atoms in total. The SMILES string of the molecule is O=C1[C@H]2[C@H](O)[C@H](O)C=C[C@H]2C1(c1ccccc1)c1ccccc1. The van der Waals surface area contributed by atoms with Gasteiger partial charge in [-0.15, -0.1) is 0 Å². The smallest absolute Gasteiger partial charge is 0.154 e. The molecule has 0 spiro atoms. The zero-order valence-corrected chi connectivity index (χ0v) is 12.5. The van der Waals surface area contributed by atoms with Crippen LogP contribution in [-0.4, -0.2) is 28.2 Å². The summed E-state index contributed by atoms with van der Waals surface area (Å²) in [6, 6.07) is 19.4. The van der Waals surface area contributed by atoms with Gasteiger partial charge in [0, 0.05) is 5.92 Å². The van der Waals surface area contributed by atoms with Crippen molar-refractivity contribution in [1.82, 2.24) is 0 Å². The van der Waals surface area contributed by atoms with Gasteiger partial charge in [-0.25, -0.2) is 0 Å². The first kappa shape index (κ1) is 14.4. The van der Waals surface area contributed by atoms with Crippen molar-refractivity contribution < 1.29 is 15.0 Å². The lowest BCUT2D eigenvalue weighted by Gasteiger charge is -2.56. The highest BCUT2D eigenvalue weighted by Crippen LogP contribution is 2.57. The van der Waals surface area contributed by atoms with Crippen molar-refractivity contribution in [1.29, 1.82) is 0 Å². The highest BCUT2D eigenvalue weighted by molar-refractivity contribution is 6.03. The van der Waals surface area contributed by atoms with Crippen LogP contribution in [0.5, 0.6) is 0 Å². The Morgan fingerprint density at radius 1 is 0.783 bits per heavy atom. The molecule has 1 saturated carbocycles. The minimum atomic E-state index is -1.03. The highest BCUT2D eigenvalue weighted by atomic mass is 16.3. The van der Waals surface area contributed by atoms with Gasteiger partial charge >= 0.3 is 0 Å². The fraction of sp³-hybridized carbons (Fsp3) is 0.250. The van der Waals surface area contributed by atoms with E-state index >= 15 is 0 Å². The number of allylic oxidation sites excluding steroid dienone is 1. The van der Waals surface area contributed by atoms with Gasteiger partial charge in [-0.05, 0) is 11.1 Å². The topological polar surface area (TPSA) is 57.5 Å². The van der Waals surface area contributed by atoms with Crippen molar-refractivity contribution in [3.8, 4) is 0 Å². The molecule has 0 unspecified atom stereocenters. The lowest BCUT2D eigenvalue weighted by atomic mass is 9.45. The summed E-state index contributed by atoms with van der Waals surface area (Å²) in [7, 11) is 0. The summed E-state index contributed by atoms with van der Waals surface area (Å²) in [6.45, 7) is 0. The van der Waals surface area contributed by atoms with Crippen molar-refractivity contribution in [2.75, 3.05) is 0 Å². The first-order chi connectivity index (χ1) is 11.2. The van der Waals surface area contributed by atoms with Crippen LogP contribution in [-0.2, 0) is 10.2 Å². The van der Waals surface area contributed by atoms with Gasteiger partial charge in [0.2, 0.25) is 0 Å². The molecule has 2 aliphatic rings. The Morgan fingerprint density at radius 2 is 1.30 bits per heavy atom. The average Bonchev–Trinajstić information content (AvgIpc) is 2.59. The molecular formula is C20H18O3. The molecule has 2 aromatic carbocycles. The molecular weight excluding hydrogens is 288 g/mol. The molecule has 0 radical (unpaired) electrons. The summed E-state index contributed by atoms with van der Waals surface area (Å²) < 4.78 is 0. The summed E-state index contributed by atoms with van der Waals surface area (Å²) in [5.74, 6) is -0.704. The number of ketones is 1. The zero-order valence-electron chi connectivity index (χ0n) is 12.5. The van der Waals surface area contributed by atoms with E-state index in [9.17, 15) is 15.0 Å². The van der Waals surface area contributed by atoms with Gasteiger partial charge in [-0.1, -0.05) is 72.8 Å². The van der Waals surface area contributed by atoms with Crippen LogP contribution >= 0.6 is 0 Å². The van der Waals surface area contributed by atoms with Crippen molar-refractivity contribution in [3.05, 3.63) is 83.9 Å². The maximum atomic E-state index is 13.2. The third-order valence-electron chi connectivity index (χ3n) is 5.27. The molecule has 116 valence electrons. The average molecular weight is 306 g/mol. The van der Waals surface area contributed by atoms with Crippen LogP contribution in [0.4, 0.5) is 0 Å². The van der Waals surface area contributed by atoms with E-state index in [-0.39, 0.29) is 11.7 Å². The molecule has 1 fully saturated rings. The Kier molecular flexibility index (Phi) is 3.22. The lowest BCUT2D eigenvalue weighted by molar-refractivity contribution is -0.154. The number of rotatable bonds is 2. The molecule has 23 heavy (non-hydrogen) atoms. The van der Waals surface area contributed by atoms with Crippen LogP contribution in [0, 0.1) is 11.8 Å². The van der Waals surface area contributed by atoms with Gasteiger partial charge in [0.25, 0.3) is 0 Å². The number of carbonyl (C=O) groups excluding carboxylic acids is 1.